The number of hydrogen-bond donors (Lipinski definition) is 1. The molecule has 122 valence electrons. The Morgan fingerprint density at radius 2 is 1.91 bits per heavy atom. The number of nitrogens with one attached hydrogen (secondary N) is 1. The fraction of sp³-hybridized carbons (Fsp3) is 0.294. The highest BCUT2D eigenvalue weighted by molar-refractivity contribution is 5.88. The number of hydrogen-bond acceptors (Lipinski definition) is 4. The molecular formula is C17H22N4O2. The molecule has 0 bridgehead atoms. The minimum Gasteiger partial charge on any atom is -0.496 e. The summed E-state index contributed by atoms with van der Waals surface area (Å²) in [6.45, 7) is 0.450. The molecule has 1 heterocycles. The van der Waals surface area contributed by atoms with Crippen LogP contribution in [0.4, 0.5) is 16.3 Å². The van der Waals surface area contributed by atoms with E-state index in [1.807, 2.05) is 49.3 Å². The molecular weight excluding hydrogens is 292 g/mol. The lowest BCUT2D eigenvalue weighted by Crippen LogP contribution is -2.31. The van der Waals surface area contributed by atoms with Gasteiger partial charge in [0.25, 0.3) is 0 Å². The van der Waals surface area contributed by atoms with Crippen molar-refractivity contribution in [3.63, 3.8) is 0 Å². The van der Waals surface area contributed by atoms with Crippen molar-refractivity contribution in [1.82, 2.24) is 9.88 Å². The van der Waals surface area contributed by atoms with Crippen LogP contribution in [0.1, 0.15) is 5.56 Å². The summed E-state index contributed by atoms with van der Waals surface area (Å²) in [5.41, 5.74) is 1.92. The van der Waals surface area contributed by atoms with E-state index in [0.29, 0.717) is 12.4 Å². The minimum absolute atomic E-state index is 0.221. The summed E-state index contributed by atoms with van der Waals surface area (Å²) in [5, 5.41) is 2.78. The number of urea groups is 1. The largest absolute Gasteiger partial charge is 0.496 e. The highest BCUT2D eigenvalue weighted by atomic mass is 16.5. The van der Waals surface area contributed by atoms with E-state index in [4.69, 9.17) is 4.74 Å². The van der Waals surface area contributed by atoms with Crippen molar-refractivity contribution in [2.45, 2.75) is 6.54 Å². The van der Waals surface area contributed by atoms with Gasteiger partial charge in [-0.2, -0.15) is 0 Å². The van der Waals surface area contributed by atoms with Crippen LogP contribution in [0.25, 0.3) is 0 Å². The van der Waals surface area contributed by atoms with Gasteiger partial charge in [0.05, 0.1) is 25.5 Å². The molecule has 0 fully saturated rings. The number of carbonyl (C=O) groups is 1. The van der Waals surface area contributed by atoms with Crippen LogP contribution in [-0.2, 0) is 6.54 Å². The molecule has 2 amide bonds. The summed E-state index contributed by atoms with van der Waals surface area (Å²) in [5.74, 6) is 1.29. The lowest BCUT2D eigenvalue weighted by Gasteiger charge is -2.19. The van der Waals surface area contributed by atoms with E-state index in [-0.39, 0.29) is 6.03 Å². The molecule has 0 saturated carbocycles. The predicted octanol–water partition coefficient (Wildman–Crippen LogP) is 2.82. The van der Waals surface area contributed by atoms with Crippen molar-refractivity contribution in [3.05, 3.63) is 48.2 Å². The van der Waals surface area contributed by atoms with Crippen LogP contribution in [0.15, 0.2) is 42.6 Å². The first kappa shape index (κ1) is 16.6. The molecule has 0 radical (unpaired) electrons. The molecule has 2 aromatic rings. The average molecular weight is 314 g/mol. The first-order valence-electron chi connectivity index (χ1n) is 7.28. The summed E-state index contributed by atoms with van der Waals surface area (Å²) < 4.78 is 5.30. The zero-order valence-corrected chi connectivity index (χ0v) is 13.9. The molecule has 0 saturated heterocycles. The number of nitrogens with zero attached hydrogens (tertiary/aromatic N) is 3. The van der Waals surface area contributed by atoms with Crippen LogP contribution < -0.4 is 15.0 Å². The smallest absolute Gasteiger partial charge is 0.323 e. The summed E-state index contributed by atoms with van der Waals surface area (Å²) >= 11 is 0. The molecule has 1 N–H and O–H groups in total. The molecule has 0 aliphatic carbocycles. The number of benzene rings is 1. The van der Waals surface area contributed by atoms with Crippen molar-refractivity contribution >= 4 is 17.5 Å². The van der Waals surface area contributed by atoms with Gasteiger partial charge in [-0.15, -0.1) is 0 Å². The van der Waals surface area contributed by atoms with E-state index in [2.05, 4.69) is 10.3 Å². The predicted molar refractivity (Wildman–Crippen MR) is 92.0 cm³/mol. The highest BCUT2D eigenvalue weighted by Gasteiger charge is 2.12. The van der Waals surface area contributed by atoms with Gasteiger partial charge in [0, 0.05) is 26.7 Å². The van der Waals surface area contributed by atoms with Gasteiger partial charge in [-0.05, 0) is 18.2 Å². The second-order valence-electron chi connectivity index (χ2n) is 5.39. The molecule has 0 atom stereocenters. The maximum absolute atomic E-state index is 12.3. The Labute approximate surface area is 136 Å². The molecule has 23 heavy (non-hydrogen) atoms. The topological polar surface area (TPSA) is 57.7 Å². The van der Waals surface area contributed by atoms with Gasteiger partial charge in [-0.1, -0.05) is 18.2 Å². The number of amides is 2. The maximum atomic E-state index is 12.3. The molecule has 0 spiro atoms. The molecule has 0 aliphatic rings. The van der Waals surface area contributed by atoms with Gasteiger partial charge in [0.15, 0.2) is 0 Å². The van der Waals surface area contributed by atoms with Gasteiger partial charge in [0.2, 0.25) is 0 Å². The number of pyridine rings is 1. The lowest BCUT2D eigenvalue weighted by molar-refractivity contribution is 0.220. The fourth-order valence-corrected chi connectivity index (χ4v) is 2.09. The van der Waals surface area contributed by atoms with Crippen LogP contribution in [0.2, 0.25) is 0 Å². The van der Waals surface area contributed by atoms with Gasteiger partial charge < -0.3 is 14.5 Å². The highest BCUT2D eigenvalue weighted by Crippen LogP contribution is 2.19. The van der Waals surface area contributed by atoms with Crippen LogP contribution in [0.5, 0.6) is 5.75 Å². The number of rotatable bonds is 5. The number of para-hydroxylation sites is 1. The van der Waals surface area contributed by atoms with E-state index in [1.54, 1.807) is 31.3 Å². The number of aromatic nitrogens is 1. The van der Waals surface area contributed by atoms with Crippen molar-refractivity contribution in [2.24, 2.45) is 0 Å². The Morgan fingerprint density at radius 3 is 2.52 bits per heavy atom. The molecule has 0 unspecified atom stereocenters. The van der Waals surface area contributed by atoms with E-state index in [9.17, 15) is 4.79 Å². The SMILES string of the molecule is COc1ccccc1CN(C)C(=O)Nc1ccc(N(C)C)cn1. The normalized spacial score (nSPS) is 10.1. The zero-order valence-electron chi connectivity index (χ0n) is 13.9. The van der Waals surface area contributed by atoms with E-state index >= 15 is 0 Å². The van der Waals surface area contributed by atoms with Crippen molar-refractivity contribution < 1.29 is 9.53 Å². The summed E-state index contributed by atoms with van der Waals surface area (Å²) in [7, 11) is 7.23. The van der Waals surface area contributed by atoms with Crippen LogP contribution in [0.3, 0.4) is 0 Å². The van der Waals surface area contributed by atoms with Crippen LogP contribution >= 0.6 is 0 Å². The van der Waals surface area contributed by atoms with Crippen molar-refractivity contribution in [3.8, 4) is 5.75 Å². The molecule has 6 nitrogen and oxygen atoms in total. The van der Waals surface area contributed by atoms with Gasteiger partial charge in [-0.25, -0.2) is 9.78 Å². The van der Waals surface area contributed by atoms with E-state index in [1.165, 1.54) is 0 Å². The second-order valence-corrected chi connectivity index (χ2v) is 5.39. The minimum atomic E-state index is -0.221. The molecule has 2 rings (SSSR count). The van der Waals surface area contributed by atoms with E-state index < -0.39 is 0 Å². The number of anilines is 2. The molecule has 0 aliphatic heterocycles. The average Bonchev–Trinajstić information content (AvgIpc) is 2.55. The Morgan fingerprint density at radius 1 is 1.17 bits per heavy atom. The summed E-state index contributed by atoms with van der Waals surface area (Å²) in [4.78, 5) is 20.0. The second kappa shape index (κ2) is 7.49. The quantitative estimate of drug-likeness (QED) is 0.922. The Hall–Kier alpha value is -2.76. The fourth-order valence-electron chi connectivity index (χ4n) is 2.09. The van der Waals surface area contributed by atoms with Gasteiger partial charge in [0.1, 0.15) is 11.6 Å². The Bertz CT molecular complexity index is 656. The molecule has 1 aromatic carbocycles. The Kier molecular flexibility index (Phi) is 5.41. The van der Waals surface area contributed by atoms with Crippen molar-refractivity contribution in [1.29, 1.82) is 0 Å². The maximum Gasteiger partial charge on any atom is 0.323 e. The van der Waals surface area contributed by atoms with Crippen molar-refractivity contribution in [2.75, 3.05) is 38.5 Å². The first-order valence-corrected chi connectivity index (χ1v) is 7.28. The standard InChI is InChI=1S/C17H22N4O2/c1-20(2)14-9-10-16(18-11-14)19-17(22)21(3)12-13-7-5-6-8-15(13)23-4/h5-11H,12H2,1-4H3,(H,18,19,22). The lowest BCUT2D eigenvalue weighted by atomic mass is 10.2. The third-order valence-corrected chi connectivity index (χ3v) is 3.45. The summed E-state index contributed by atoms with van der Waals surface area (Å²) in [6, 6.07) is 11.1. The van der Waals surface area contributed by atoms with E-state index in [0.717, 1.165) is 17.0 Å². The zero-order chi connectivity index (χ0) is 16.8. The van der Waals surface area contributed by atoms with Gasteiger partial charge in [-0.3, -0.25) is 5.32 Å². The Balaban J connectivity index is 1.99. The number of methoxy groups -OCH3 is 1. The van der Waals surface area contributed by atoms with Crippen LogP contribution in [0, 0.1) is 0 Å². The third kappa shape index (κ3) is 4.35. The first-order chi connectivity index (χ1) is 11.0. The summed E-state index contributed by atoms with van der Waals surface area (Å²) in [6.07, 6.45) is 1.72. The molecule has 6 heteroatoms. The van der Waals surface area contributed by atoms with Gasteiger partial charge >= 0.3 is 6.03 Å². The van der Waals surface area contributed by atoms with Crippen LogP contribution in [-0.4, -0.2) is 44.2 Å². The third-order valence-electron chi connectivity index (χ3n) is 3.45. The number of carbonyl (C=O) groups excluding carboxylic acids is 1. The number of ether oxygens (including phenoxy) is 1. The molecule has 1 aromatic heterocycles. The monoisotopic (exact) mass is 314 g/mol.